The van der Waals surface area contributed by atoms with Crippen LogP contribution in [0.2, 0.25) is 5.02 Å². The van der Waals surface area contributed by atoms with E-state index >= 15 is 0 Å². The molecule has 3 rings (SSSR count). The van der Waals surface area contributed by atoms with Gasteiger partial charge in [0, 0.05) is 24.2 Å². The average Bonchev–Trinajstić information content (AvgIpc) is 2.63. The molecule has 1 aliphatic heterocycles. The smallest absolute Gasteiger partial charge is 0.234 e. The van der Waals surface area contributed by atoms with E-state index in [1.54, 1.807) is 0 Å². The van der Waals surface area contributed by atoms with Crippen LogP contribution in [0.15, 0.2) is 35.6 Å². The third kappa shape index (κ3) is 5.08. The molecule has 2 aromatic rings. The van der Waals surface area contributed by atoms with Gasteiger partial charge in [-0.25, -0.2) is 14.4 Å². The van der Waals surface area contributed by atoms with E-state index < -0.39 is 5.82 Å². The van der Waals surface area contributed by atoms with Gasteiger partial charge in [0.05, 0.1) is 11.4 Å². The quantitative estimate of drug-likeness (QED) is 0.607. The van der Waals surface area contributed by atoms with E-state index in [0.29, 0.717) is 5.92 Å². The summed E-state index contributed by atoms with van der Waals surface area (Å²) in [5.74, 6) is 0.810. The maximum atomic E-state index is 13.7. The first-order valence-electron chi connectivity index (χ1n) is 8.46. The molecule has 0 spiro atoms. The van der Waals surface area contributed by atoms with E-state index in [-0.39, 0.29) is 22.4 Å². The van der Waals surface area contributed by atoms with Gasteiger partial charge in [0.15, 0.2) is 0 Å². The Hall–Kier alpha value is -1.86. The molecule has 1 atom stereocenters. The molecule has 0 saturated carbocycles. The van der Waals surface area contributed by atoms with Crippen molar-refractivity contribution in [1.82, 2.24) is 9.97 Å². The summed E-state index contributed by atoms with van der Waals surface area (Å²) in [7, 11) is 0. The van der Waals surface area contributed by atoms with Crippen molar-refractivity contribution in [3.8, 4) is 0 Å². The predicted octanol–water partition coefficient (Wildman–Crippen LogP) is 4.24. The van der Waals surface area contributed by atoms with Crippen molar-refractivity contribution >= 4 is 40.8 Å². The first-order valence-corrected chi connectivity index (χ1v) is 9.82. The number of nitrogens with one attached hydrogen (secondary N) is 1. The number of aromatic nitrogens is 2. The Morgan fingerprint density at radius 3 is 3.04 bits per heavy atom. The summed E-state index contributed by atoms with van der Waals surface area (Å²) >= 11 is 7.00. The van der Waals surface area contributed by atoms with Crippen molar-refractivity contribution in [2.45, 2.75) is 24.8 Å². The summed E-state index contributed by atoms with van der Waals surface area (Å²) in [6.07, 6.45) is 3.92. The van der Waals surface area contributed by atoms with E-state index in [9.17, 15) is 9.18 Å². The highest BCUT2D eigenvalue weighted by Crippen LogP contribution is 2.25. The zero-order valence-corrected chi connectivity index (χ0v) is 16.0. The van der Waals surface area contributed by atoms with E-state index in [1.807, 2.05) is 6.07 Å². The van der Waals surface area contributed by atoms with Crippen molar-refractivity contribution in [2.75, 3.05) is 29.1 Å². The number of halogens is 2. The Kier molecular flexibility index (Phi) is 6.32. The molecule has 1 saturated heterocycles. The number of hydrogen-bond acceptors (Lipinski definition) is 5. The van der Waals surface area contributed by atoms with Crippen molar-refractivity contribution in [3.63, 3.8) is 0 Å². The molecule has 0 radical (unpaired) electrons. The lowest BCUT2D eigenvalue weighted by atomic mass is 10.0. The maximum Gasteiger partial charge on any atom is 0.234 e. The lowest BCUT2D eigenvalue weighted by Gasteiger charge is -2.31. The molecule has 138 valence electrons. The van der Waals surface area contributed by atoms with Gasteiger partial charge < -0.3 is 10.2 Å². The largest absolute Gasteiger partial charge is 0.356 e. The summed E-state index contributed by atoms with van der Waals surface area (Å²) in [5, 5.41) is 3.55. The van der Waals surface area contributed by atoms with Crippen LogP contribution < -0.4 is 10.2 Å². The topological polar surface area (TPSA) is 58.1 Å². The molecule has 1 N–H and O–H groups in total. The van der Waals surface area contributed by atoms with Gasteiger partial charge in [-0.05, 0) is 37.0 Å². The Labute approximate surface area is 161 Å². The van der Waals surface area contributed by atoms with Crippen molar-refractivity contribution < 1.29 is 9.18 Å². The van der Waals surface area contributed by atoms with Crippen LogP contribution in [0.3, 0.4) is 0 Å². The minimum absolute atomic E-state index is 0.116. The molecular weight excluding hydrogens is 375 g/mol. The van der Waals surface area contributed by atoms with E-state index in [0.717, 1.165) is 30.4 Å². The molecule has 1 aromatic heterocycles. The van der Waals surface area contributed by atoms with Crippen LogP contribution in [0.4, 0.5) is 15.9 Å². The molecule has 5 nitrogen and oxygen atoms in total. The summed E-state index contributed by atoms with van der Waals surface area (Å²) < 4.78 is 13.7. The van der Waals surface area contributed by atoms with Gasteiger partial charge in [0.2, 0.25) is 5.91 Å². The third-order valence-corrected chi connectivity index (χ3v) is 5.33. The molecule has 8 heteroatoms. The second-order valence-corrected chi connectivity index (χ2v) is 7.80. The number of benzene rings is 1. The molecular formula is C18H20ClFN4OS. The lowest BCUT2D eigenvalue weighted by molar-refractivity contribution is -0.113. The number of hydrogen-bond donors (Lipinski definition) is 1. The Balaban J connectivity index is 1.57. The van der Waals surface area contributed by atoms with Crippen LogP contribution in [0.1, 0.15) is 19.8 Å². The Morgan fingerprint density at radius 2 is 2.27 bits per heavy atom. The zero-order valence-electron chi connectivity index (χ0n) is 14.4. The van der Waals surface area contributed by atoms with E-state index in [4.69, 9.17) is 11.6 Å². The normalized spacial score (nSPS) is 17.2. The third-order valence-electron chi connectivity index (χ3n) is 4.16. The fourth-order valence-corrected chi connectivity index (χ4v) is 3.72. The molecule has 1 aliphatic rings. The highest BCUT2D eigenvalue weighted by Gasteiger charge is 2.18. The van der Waals surface area contributed by atoms with Crippen molar-refractivity contribution in [1.29, 1.82) is 0 Å². The van der Waals surface area contributed by atoms with E-state index in [1.165, 1.54) is 42.7 Å². The highest BCUT2D eigenvalue weighted by atomic mass is 35.5. The molecule has 1 aromatic carbocycles. The number of carbonyl (C=O) groups is 1. The van der Waals surface area contributed by atoms with Crippen LogP contribution in [0.25, 0.3) is 0 Å². The van der Waals surface area contributed by atoms with Gasteiger partial charge in [-0.3, -0.25) is 4.79 Å². The zero-order chi connectivity index (χ0) is 18.5. The minimum atomic E-state index is -0.556. The van der Waals surface area contributed by atoms with Crippen LogP contribution in [-0.2, 0) is 4.79 Å². The van der Waals surface area contributed by atoms with Crippen LogP contribution in [0.5, 0.6) is 0 Å². The first kappa shape index (κ1) is 18.9. The molecule has 0 aliphatic carbocycles. The van der Waals surface area contributed by atoms with Gasteiger partial charge in [0.25, 0.3) is 0 Å². The maximum absolute atomic E-state index is 13.7. The number of piperidine rings is 1. The molecule has 1 amide bonds. The van der Waals surface area contributed by atoms with Crippen LogP contribution in [-0.4, -0.2) is 34.7 Å². The van der Waals surface area contributed by atoms with Gasteiger partial charge >= 0.3 is 0 Å². The van der Waals surface area contributed by atoms with Crippen LogP contribution in [0, 0.1) is 11.7 Å². The molecule has 0 bridgehead atoms. The predicted molar refractivity (Wildman–Crippen MR) is 103 cm³/mol. The van der Waals surface area contributed by atoms with Crippen LogP contribution >= 0.6 is 23.4 Å². The number of rotatable bonds is 5. The monoisotopic (exact) mass is 394 g/mol. The minimum Gasteiger partial charge on any atom is -0.356 e. The first-order chi connectivity index (χ1) is 12.5. The Bertz CT molecular complexity index is 792. The van der Waals surface area contributed by atoms with Gasteiger partial charge in [-0.1, -0.05) is 30.3 Å². The highest BCUT2D eigenvalue weighted by molar-refractivity contribution is 7.99. The van der Waals surface area contributed by atoms with E-state index in [2.05, 4.69) is 27.1 Å². The Morgan fingerprint density at radius 1 is 1.42 bits per heavy atom. The average molecular weight is 395 g/mol. The summed E-state index contributed by atoms with van der Waals surface area (Å²) in [5.41, 5.74) is 0.116. The molecule has 1 fully saturated rings. The fraction of sp³-hybridized carbons (Fsp3) is 0.389. The van der Waals surface area contributed by atoms with Gasteiger partial charge in [-0.2, -0.15) is 0 Å². The molecule has 26 heavy (non-hydrogen) atoms. The number of amides is 1. The standard InChI is InChI=1S/C18H20ClFN4OS/c1-12-3-2-6-24(9-12)16-8-18(22-11-21-16)26-10-17(25)23-15-5-4-13(19)7-14(15)20/h4-5,7-8,11-12H,2-3,6,9-10H2,1H3,(H,23,25). The van der Waals surface area contributed by atoms with Crippen molar-refractivity contribution in [2.24, 2.45) is 5.92 Å². The molecule has 2 heterocycles. The second kappa shape index (κ2) is 8.68. The number of carbonyl (C=O) groups excluding carboxylic acids is 1. The van der Waals surface area contributed by atoms with Gasteiger partial charge in [-0.15, -0.1) is 0 Å². The summed E-state index contributed by atoms with van der Waals surface area (Å²) in [6, 6.07) is 6.05. The lowest BCUT2D eigenvalue weighted by Crippen LogP contribution is -2.34. The second-order valence-electron chi connectivity index (χ2n) is 6.37. The number of nitrogens with zero attached hydrogens (tertiary/aromatic N) is 3. The SMILES string of the molecule is CC1CCCN(c2cc(SCC(=O)Nc3ccc(Cl)cc3F)ncn2)C1. The van der Waals surface area contributed by atoms with Crippen molar-refractivity contribution in [3.05, 3.63) is 41.4 Å². The van der Waals surface area contributed by atoms with Gasteiger partial charge in [0.1, 0.15) is 23.0 Å². The summed E-state index contributed by atoms with van der Waals surface area (Å²) in [4.78, 5) is 22.9. The number of thioether (sulfide) groups is 1. The number of anilines is 2. The summed E-state index contributed by atoms with van der Waals surface area (Å²) in [6.45, 7) is 4.21. The molecule has 1 unspecified atom stereocenters. The fourth-order valence-electron chi connectivity index (χ4n) is 2.90.